The van der Waals surface area contributed by atoms with Crippen LogP contribution in [0.1, 0.15) is 38.2 Å². The van der Waals surface area contributed by atoms with E-state index in [0.29, 0.717) is 12.6 Å². The molecular formula is C15H23FN2. The summed E-state index contributed by atoms with van der Waals surface area (Å²) in [5.74, 6) is 0.581. The SMILES string of the molecule is CC1CCCC(N(C)c2ccc(F)cc2CN)C1. The number of hydrogen-bond acceptors (Lipinski definition) is 2. The van der Waals surface area contributed by atoms with Crippen LogP contribution in [-0.4, -0.2) is 13.1 Å². The predicted octanol–water partition coefficient (Wildman–Crippen LogP) is 3.30. The molecule has 1 aliphatic rings. The highest BCUT2D eigenvalue weighted by molar-refractivity contribution is 5.54. The lowest BCUT2D eigenvalue weighted by molar-refractivity contribution is 0.336. The maximum Gasteiger partial charge on any atom is 0.123 e. The van der Waals surface area contributed by atoms with Crippen molar-refractivity contribution in [2.75, 3.05) is 11.9 Å². The normalized spacial score (nSPS) is 24.0. The van der Waals surface area contributed by atoms with Crippen molar-refractivity contribution in [3.8, 4) is 0 Å². The van der Waals surface area contributed by atoms with E-state index in [9.17, 15) is 4.39 Å². The summed E-state index contributed by atoms with van der Waals surface area (Å²) in [7, 11) is 2.11. The van der Waals surface area contributed by atoms with Crippen LogP contribution in [0.2, 0.25) is 0 Å². The average Bonchev–Trinajstić information content (AvgIpc) is 2.37. The molecule has 0 radical (unpaired) electrons. The van der Waals surface area contributed by atoms with Gasteiger partial charge in [0.1, 0.15) is 5.82 Å². The summed E-state index contributed by atoms with van der Waals surface area (Å²) < 4.78 is 13.2. The third-order valence-electron chi connectivity index (χ3n) is 4.10. The van der Waals surface area contributed by atoms with Crippen LogP contribution >= 0.6 is 0 Å². The molecule has 2 nitrogen and oxygen atoms in total. The van der Waals surface area contributed by atoms with Gasteiger partial charge in [-0.15, -0.1) is 0 Å². The predicted molar refractivity (Wildman–Crippen MR) is 74.1 cm³/mol. The van der Waals surface area contributed by atoms with Crippen LogP contribution in [-0.2, 0) is 6.54 Å². The summed E-state index contributed by atoms with van der Waals surface area (Å²) in [6.45, 7) is 2.70. The van der Waals surface area contributed by atoms with Gasteiger partial charge in [-0.05, 0) is 42.5 Å². The molecule has 3 heteroatoms. The molecule has 2 unspecified atom stereocenters. The van der Waals surface area contributed by atoms with Crippen LogP contribution in [0.4, 0.5) is 10.1 Å². The number of rotatable bonds is 3. The molecule has 2 N–H and O–H groups in total. The zero-order valence-electron chi connectivity index (χ0n) is 11.3. The Balaban J connectivity index is 2.19. The Morgan fingerprint density at radius 2 is 2.17 bits per heavy atom. The number of nitrogens with zero attached hydrogens (tertiary/aromatic N) is 1. The minimum absolute atomic E-state index is 0.204. The molecule has 0 amide bonds. The molecule has 0 heterocycles. The molecule has 1 saturated carbocycles. The van der Waals surface area contributed by atoms with E-state index in [1.54, 1.807) is 6.07 Å². The third-order valence-corrected chi connectivity index (χ3v) is 4.10. The summed E-state index contributed by atoms with van der Waals surface area (Å²) in [6.07, 6.45) is 5.06. The molecule has 0 aromatic heterocycles. The fourth-order valence-electron chi connectivity index (χ4n) is 3.01. The summed E-state index contributed by atoms with van der Waals surface area (Å²) in [5, 5.41) is 0. The number of hydrogen-bond donors (Lipinski definition) is 1. The topological polar surface area (TPSA) is 29.3 Å². The van der Waals surface area contributed by atoms with Crippen LogP contribution in [0, 0.1) is 11.7 Å². The second-order valence-corrected chi connectivity index (χ2v) is 5.51. The van der Waals surface area contributed by atoms with Crippen molar-refractivity contribution >= 4 is 5.69 Å². The molecule has 100 valence electrons. The zero-order valence-corrected chi connectivity index (χ0v) is 11.3. The first-order valence-electron chi connectivity index (χ1n) is 6.83. The molecule has 0 bridgehead atoms. The number of halogens is 1. The van der Waals surface area contributed by atoms with Crippen LogP contribution in [0.25, 0.3) is 0 Å². The van der Waals surface area contributed by atoms with E-state index in [1.807, 2.05) is 6.07 Å². The van der Waals surface area contributed by atoms with Crippen LogP contribution < -0.4 is 10.6 Å². The molecule has 0 aliphatic heterocycles. The van der Waals surface area contributed by atoms with Crippen molar-refractivity contribution in [3.63, 3.8) is 0 Å². The molecular weight excluding hydrogens is 227 g/mol. The van der Waals surface area contributed by atoms with Crippen LogP contribution in [0.3, 0.4) is 0 Å². The Bertz CT molecular complexity index is 405. The van der Waals surface area contributed by atoms with Gasteiger partial charge in [-0.25, -0.2) is 4.39 Å². The molecule has 2 atom stereocenters. The number of nitrogens with two attached hydrogens (primary N) is 1. The van der Waals surface area contributed by atoms with E-state index < -0.39 is 0 Å². The molecule has 2 rings (SSSR count). The highest BCUT2D eigenvalue weighted by atomic mass is 19.1. The molecule has 1 aliphatic carbocycles. The van der Waals surface area contributed by atoms with Crippen molar-refractivity contribution in [2.45, 2.75) is 45.2 Å². The molecule has 1 aromatic rings. The van der Waals surface area contributed by atoms with Crippen molar-refractivity contribution in [3.05, 3.63) is 29.6 Å². The van der Waals surface area contributed by atoms with Gasteiger partial charge in [0.25, 0.3) is 0 Å². The highest BCUT2D eigenvalue weighted by Gasteiger charge is 2.23. The fourth-order valence-corrected chi connectivity index (χ4v) is 3.01. The van der Waals surface area contributed by atoms with Crippen LogP contribution in [0.5, 0.6) is 0 Å². The van der Waals surface area contributed by atoms with E-state index >= 15 is 0 Å². The summed E-state index contributed by atoms with van der Waals surface area (Å²) in [5.41, 5.74) is 7.70. The summed E-state index contributed by atoms with van der Waals surface area (Å²) >= 11 is 0. The van der Waals surface area contributed by atoms with E-state index in [-0.39, 0.29) is 5.82 Å². The quantitative estimate of drug-likeness (QED) is 0.892. The van der Waals surface area contributed by atoms with Gasteiger partial charge < -0.3 is 10.6 Å². The van der Waals surface area contributed by atoms with Gasteiger partial charge in [-0.2, -0.15) is 0 Å². The second kappa shape index (κ2) is 5.70. The Hall–Kier alpha value is -1.09. The Morgan fingerprint density at radius 1 is 1.39 bits per heavy atom. The van der Waals surface area contributed by atoms with Gasteiger partial charge in [0.15, 0.2) is 0 Å². The van der Waals surface area contributed by atoms with Crippen molar-refractivity contribution in [1.82, 2.24) is 0 Å². The molecule has 0 saturated heterocycles. The van der Waals surface area contributed by atoms with Crippen molar-refractivity contribution < 1.29 is 4.39 Å². The van der Waals surface area contributed by atoms with E-state index in [0.717, 1.165) is 17.2 Å². The van der Waals surface area contributed by atoms with E-state index in [1.165, 1.54) is 31.7 Å². The third kappa shape index (κ3) is 2.83. The van der Waals surface area contributed by atoms with Crippen molar-refractivity contribution in [2.24, 2.45) is 11.7 Å². The maximum absolute atomic E-state index is 13.2. The molecule has 0 spiro atoms. The zero-order chi connectivity index (χ0) is 13.1. The van der Waals surface area contributed by atoms with Gasteiger partial charge in [0.05, 0.1) is 0 Å². The Kier molecular flexibility index (Phi) is 4.23. The first-order chi connectivity index (χ1) is 8.61. The first-order valence-corrected chi connectivity index (χ1v) is 6.83. The standard InChI is InChI=1S/C15H23FN2/c1-11-4-3-5-14(8-11)18(2)15-7-6-13(16)9-12(15)10-17/h6-7,9,11,14H,3-5,8,10,17H2,1-2H3. The van der Waals surface area contributed by atoms with E-state index in [2.05, 4.69) is 18.9 Å². The second-order valence-electron chi connectivity index (χ2n) is 5.51. The van der Waals surface area contributed by atoms with Crippen LogP contribution in [0.15, 0.2) is 18.2 Å². The van der Waals surface area contributed by atoms with Gasteiger partial charge in [-0.1, -0.05) is 19.8 Å². The van der Waals surface area contributed by atoms with Gasteiger partial charge in [0, 0.05) is 25.3 Å². The lowest BCUT2D eigenvalue weighted by atomic mass is 9.86. The summed E-state index contributed by atoms with van der Waals surface area (Å²) in [4.78, 5) is 2.29. The molecule has 1 aromatic carbocycles. The van der Waals surface area contributed by atoms with Gasteiger partial charge in [0.2, 0.25) is 0 Å². The Labute approximate surface area is 109 Å². The number of benzene rings is 1. The van der Waals surface area contributed by atoms with Crippen molar-refractivity contribution in [1.29, 1.82) is 0 Å². The largest absolute Gasteiger partial charge is 0.371 e. The van der Waals surface area contributed by atoms with Gasteiger partial charge >= 0.3 is 0 Å². The molecule has 18 heavy (non-hydrogen) atoms. The Morgan fingerprint density at radius 3 is 2.83 bits per heavy atom. The molecule has 1 fully saturated rings. The first kappa shape index (κ1) is 13.3. The van der Waals surface area contributed by atoms with E-state index in [4.69, 9.17) is 5.73 Å². The lowest BCUT2D eigenvalue weighted by Gasteiger charge is -2.36. The fraction of sp³-hybridized carbons (Fsp3) is 0.600. The smallest absolute Gasteiger partial charge is 0.123 e. The average molecular weight is 250 g/mol. The summed E-state index contributed by atoms with van der Waals surface area (Å²) in [6, 6.07) is 5.50. The monoisotopic (exact) mass is 250 g/mol. The lowest BCUT2D eigenvalue weighted by Crippen LogP contribution is -2.36. The maximum atomic E-state index is 13.2. The van der Waals surface area contributed by atoms with Gasteiger partial charge in [-0.3, -0.25) is 0 Å². The minimum atomic E-state index is -0.204. The minimum Gasteiger partial charge on any atom is -0.371 e. The number of anilines is 1. The highest BCUT2D eigenvalue weighted by Crippen LogP contribution is 2.31.